The van der Waals surface area contributed by atoms with Crippen molar-refractivity contribution < 1.29 is 27.5 Å². The number of unbranched alkanes of at least 4 members (excludes halogenated alkanes) is 1. The normalized spacial score (nSPS) is 15.4. The highest BCUT2D eigenvalue weighted by molar-refractivity contribution is 7.90. The van der Waals surface area contributed by atoms with Crippen LogP contribution in [0.4, 0.5) is 14.9 Å². The Morgan fingerprint density at radius 1 is 1.19 bits per heavy atom. The van der Waals surface area contributed by atoms with Crippen molar-refractivity contribution in [3.8, 4) is 5.69 Å². The zero-order valence-electron chi connectivity index (χ0n) is 19.6. The average Bonchev–Trinajstić information content (AvgIpc) is 3.27. The molecule has 0 saturated carbocycles. The fourth-order valence-electron chi connectivity index (χ4n) is 4.11. The van der Waals surface area contributed by atoms with Crippen LogP contribution in [0.3, 0.4) is 0 Å². The molecule has 3 aromatic rings. The van der Waals surface area contributed by atoms with Gasteiger partial charge in [0, 0.05) is 32.0 Å². The molecule has 2 N–H and O–H groups in total. The smallest absolute Gasteiger partial charge is 0.322 e. The number of amides is 2. The van der Waals surface area contributed by atoms with Crippen LogP contribution >= 0.6 is 0 Å². The summed E-state index contributed by atoms with van der Waals surface area (Å²) in [5.41, 5.74) is 2.49. The van der Waals surface area contributed by atoms with E-state index in [1.165, 1.54) is 34.1 Å². The molecule has 1 aliphatic rings. The molecule has 0 saturated heterocycles. The Hall–Kier alpha value is -3.80. The Bertz CT molecular complexity index is 1370. The van der Waals surface area contributed by atoms with E-state index in [2.05, 4.69) is 15.4 Å². The molecule has 1 aromatic carbocycles. The van der Waals surface area contributed by atoms with Crippen LogP contribution in [0.1, 0.15) is 24.1 Å². The lowest BCUT2D eigenvalue weighted by Crippen LogP contribution is -2.47. The molecule has 0 aliphatic carbocycles. The van der Waals surface area contributed by atoms with Crippen LogP contribution in [0.2, 0.25) is 0 Å². The Balaban J connectivity index is 1.39. The molecule has 0 spiro atoms. The molecule has 0 radical (unpaired) electrons. The van der Waals surface area contributed by atoms with Crippen molar-refractivity contribution in [2.24, 2.45) is 5.92 Å². The Morgan fingerprint density at radius 3 is 2.64 bits per heavy atom. The number of aromatic nitrogens is 3. The number of aryl methyl sites for hydroxylation is 1. The second-order valence-corrected chi connectivity index (χ2v) is 10.6. The lowest BCUT2D eigenvalue weighted by Gasteiger charge is -2.31. The average molecular weight is 516 g/mol. The topological polar surface area (TPSA) is 134 Å². The van der Waals surface area contributed by atoms with Gasteiger partial charge >= 0.3 is 12.0 Å². The first-order valence-corrected chi connectivity index (χ1v) is 13.3. The summed E-state index contributed by atoms with van der Waals surface area (Å²) < 4.78 is 38.2. The third-order valence-electron chi connectivity index (χ3n) is 5.99. The number of anilines is 1. The number of nitrogens with one attached hydrogen (secondary N) is 1. The van der Waals surface area contributed by atoms with E-state index in [1.54, 1.807) is 24.3 Å². The number of carbonyl (C=O) groups is 2. The van der Waals surface area contributed by atoms with Gasteiger partial charge in [-0.2, -0.15) is 5.10 Å². The molecule has 2 aromatic heterocycles. The molecule has 12 heteroatoms. The summed E-state index contributed by atoms with van der Waals surface area (Å²) >= 11 is 0. The van der Waals surface area contributed by atoms with E-state index in [-0.39, 0.29) is 18.0 Å². The number of carboxylic acids is 1. The third-order valence-corrected chi connectivity index (χ3v) is 6.98. The number of halogens is 1. The van der Waals surface area contributed by atoms with Gasteiger partial charge in [0.15, 0.2) is 14.9 Å². The van der Waals surface area contributed by atoms with Gasteiger partial charge in [-0.25, -0.2) is 27.3 Å². The minimum Gasteiger partial charge on any atom is -0.481 e. The van der Waals surface area contributed by atoms with Crippen LogP contribution in [0.5, 0.6) is 0 Å². The van der Waals surface area contributed by atoms with Gasteiger partial charge in [0.1, 0.15) is 5.82 Å². The van der Waals surface area contributed by atoms with Crippen molar-refractivity contribution in [2.45, 2.75) is 30.7 Å². The predicted octanol–water partition coefficient (Wildman–Crippen LogP) is 2.61. The van der Waals surface area contributed by atoms with Gasteiger partial charge < -0.3 is 10.4 Å². The Kier molecular flexibility index (Phi) is 7.34. The number of sulfone groups is 1. The predicted molar refractivity (Wildman–Crippen MR) is 129 cm³/mol. The van der Waals surface area contributed by atoms with Crippen molar-refractivity contribution in [2.75, 3.05) is 24.2 Å². The Labute approximate surface area is 207 Å². The van der Waals surface area contributed by atoms with E-state index >= 15 is 0 Å². The summed E-state index contributed by atoms with van der Waals surface area (Å²) in [7, 11) is -3.38. The maximum absolute atomic E-state index is 13.3. The fourth-order valence-corrected chi connectivity index (χ4v) is 4.73. The SMILES string of the molecule is CS(=O)(=O)c1cc(CCCCNC(=O)N2C[C@@H](C(=O)O)Cc3c2cnn3-c2ccc(F)cc2)ccn1. The summed E-state index contributed by atoms with van der Waals surface area (Å²) in [5.74, 6) is -2.23. The third kappa shape index (κ3) is 5.70. The number of hydrogen-bond acceptors (Lipinski definition) is 6. The molecule has 36 heavy (non-hydrogen) atoms. The molecule has 0 unspecified atom stereocenters. The van der Waals surface area contributed by atoms with Gasteiger partial charge in [0.2, 0.25) is 0 Å². The quantitative estimate of drug-likeness (QED) is 0.440. The van der Waals surface area contributed by atoms with Gasteiger partial charge in [-0.3, -0.25) is 9.69 Å². The standard InChI is InChI=1S/C24H26FN5O5S/c1-36(34,35)22-12-16(9-11-26-22)4-2-3-10-27-24(33)29-15-17(23(31)32)13-20-21(29)14-28-30(20)19-7-5-18(25)6-8-19/h5-9,11-12,14,17H,2-4,10,13,15H2,1H3,(H,27,33)(H,31,32)/t17-/m0/s1. The minimum absolute atomic E-state index is 0.00849. The van der Waals surface area contributed by atoms with E-state index in [9.17, 15) is 27.5 Å². The van der Waals surface area contributed by atoms with Crippen molar-refractivity contribution in [3.05, 3.63) is 65.9 Å². The number of hydrogen-bond donors (Lipinski definition) is 2. The highest BCUT2D eigenvalue weighted by Gasteiger charge is 2.35. The molecule has 2 amide bonds. The second-order valence-electron chi connectivity index (χ2n) is 8.68. The van der Waals surface area contributed by atoms with Gasteiger partial charge in [-0.05, 0) is 61.2 Å². The number of fused-ring (bicyclic) bond motifs is 1. The molecule has 0 bridgehead atoms. The largest absolute Gasteiger partial charge is 0.481 e. The van der Waals surface area contributed by atoms with E-state index in [0.29, 0.717) is 42.9 Å². The summed E-state index contributed by atoms with van der Waals surface area (Å²) in [4.78, 5) is 30.0. The summed E-state index contributed by atoms with van der Waals surface area (Å²) in [6.45, 7) is 0.368. The van der Waals surface area contributed by atoms with Crippen molar-refractivity contribution in [3.63, 3.8) is 0 Å². The van der Waals surface area contributed by atoms with E-state index in [1.807, 2.05) is 0 Å². The molecule has 3 heterocycles. The van der Waals surface area contributed by atoms with Crippen LogP contribution < -0.4 is 10.2 Å². The van der Waals surface area contributed by atoms with Crippen LogP contribution in [0, 0.1) is 11.7 Å². The molecule has 1 aliphatic heterocycles. The lowest BCUT2D eigenvalue weighted by molar-refractivity contribution is -0.141. The zero-order valence-corrected chi connectivity index (χ0v) is 20.4. The number of rotatable bonds is 8. The summed E-state index contributed by atoms with van der Waals surface area (Å²) in [6, 6.07) is 8.54. The monoisotopic (exact) mass is 515 g/mol. The number of aliphatic carboxylic acids is 1. The van der Waals surface area contributed by atoms with Crippen molar-refractivity contribution >= 4 is 27.5 Å². The molecule has 0 fully saturated rings. The fraction of sp³-hybridized carbons (Fsp3) is 0.333. The zero-order chi connectivity index (χ0) is 25.9. The molecule has 4 rings (SSSR count). The molecular formula is C24H26FN5O5S. The second kappa shape index (κ2) is 10.4. The lowest BCUT2D eigenvalue weighted by atomic mass is 9.97. The van der Waals surface area contributed by atoms with E-state index in [4.69, 9.17) is 0 Å². The minimum atomic E-state index is -3.38. The number of carboxylic acid groups (broad SMARTS) is 1. The number of pyridine rings is 1. The first kappa shape index (κ1) is 25.3. The number of benzene rings is 1. The summed E-state index contributed by atoms with van der Waals surface area (Å²) in [6.07, 6.45) is 6.25. The first-order chi connectivity index (χ1) is 17.1. The molecular weight excluding hydrogens is 489 g/mol. The van der Waals surface area contributed by atoms with E-state index in [0.717, 1.165) is 11.8 Å². The summed E-state index contributed by atoms with van der Waals surface area (Å²) in [5, 5.41) is 16.8. The molecule has 190 valence electrons. The van der Waals surface area contributed by atoms with Gasteiger partial charge in [-0.1, -0.05) is 0 Å². The molecule has 10 nitrogen and oxygen atoms in total. The number of nitrogens with zero attached hydrogens (tertiary/aromatic N) is 4. The van der Waals surface area contributed by atoms with Crippen LogP contribution in [-0.2, 0) is 27.5 Å². The molecule has 1 atom stereocenters. The van der Waals surface area contributed by atoms with E-state index < -0.39 is 33.6 Å². The number of carbonyl (C=O) groups excluding carboxylic acids is 1. The maximum Gasteiger partial charge on any atom is 0.322 e. The van der Waals surface area contributed by atoms with Crippen LogP contribution in [0.15, 0.2) is 53.8 Å². The van der Waals surface area contributed by atoms with Gasteiger partial charge in [0.25, 0.3) is 0 Å². The van der Waals surface area contributed by atoms with Crippen molar-refractivity contribution in [1.82, 2.24) is 20.1 Å². The van der Waals surface area contributed by atoms with Gasteiger partial charge in [0.05, 0.1) is 29.2 Å². The Morgan fingerprint density at radius 2 is 1.94 bits per heavy atom. The van der Waals surface area contributed by atoms with Gasteiger partial charge in [-0.15, -0.1) is 0 Å². The van der Waals surface area contributed by atoms with Crippen molar-refractivity contribution in [1.29, 1.82) is 0 Å². The maximum atomic E-state index is 13.3. The highest BCUT2D eigenvalue weighted by atomic mass is 32.2. The number of urea groups is 1. The highest BCUT2D eigenvalue weighted by Crippen LogP contribution is 2.31. The first-order valence-electron chi connectivity index (χ1n) is 11.4. The van der Waals surface area contributed by atoms with Crippen LogP contribution in [-0.4, -0.2) is 59.6 Å². The van der Waals surface area contributed by atoms with Crippen LogP contribution in [0.25, 0.3) is 5.69 Å².